The van der Waals surface area contributed by atoms with Crippen LogP contribution in [0.3, 0.4) is 0 Å². The fraction of sp³-hybridized carbons (Fsp3) is 0.455. The standard InChI is InChI=1S/C22H27N7O3/c1-15-11-26-21(13-25-15)28-22(30)27-18-8-16(10-23)19(29-5-2-3-6-29)9-20(18)32-14-17-12-24-4-7-31-17/h8-9,11,13,17,24H,2-7,12,14H2,1H3,(H2,26,27,28,30). The summed E-state index contributed by atoms with van der Waals surface area (Å²) < 4.78 is 11.8. The normalized spacial score (nSPS) is 18.1. The third-order valence-electron chi connectivity index (χ3n) is 5.36. The molecule has 3 heterocycles. The average molecular weight is 438 g/mol. The van der Waals surface area contributed by atoms with Gasteiger partial charge in [0.2, 0.25) is 0 Å². The number of anilines is 3. The molecule has 4 rings (SSSR count). The van der Waals surface area contributed by atoms with Crippen molar-refractivity contribution >= 4 is 23.2 Å². The maximum absolute atomic E-state index is 12.6. The third kappa shape index (κ3) is 5.43. The van der Waals surface area contributed by atoms with E-state index in [9.17, 15) is 10.1 Å². The number of carbonyl (C=O) groups excluding carboxylic acids is 1. The van der Waals surface area contributed by atoms with E-state index in [1.54, 1.807) is 12.3 Å². The highest BCUT2D eigenvalue weighted by Crippen LogP contribution is 2.35. The number of rotatable bonds is 6. The van der Waals surface area contributed by atoms with Gasteiger partial charge in [-0.2, -0.15) is 5.26 Å². The first kappa shape index (κ1) is 21.8. The molecule has 1 aromatic heterocycles. The van der Waals surface area contributed by atoms with Crippen LogP contribution >= 0.6 is 0 Å². The topological polar surface area (TPSA) is 124 Å². The number of urea groups is 1. The summed E-state index contributed by atoms with van der Waals surface area (Å²) in [6, 6.07) is 5.24. The number of aromatic nitrogens is 2. The zero-order valence-corrected chi connectivity index (χ0v) is 18.1. The number of ether oxygens (including phenoxy) is 2. The zero-order chi connectivity index (χ0) is 22.3. The zero-order valence-electron chi connectivity index (χ0n) is 18.1. The molecule has 10 nitrogen and oxygen atoms in total. The summed E-state index contributed by atoms with van der Waals surface area (Å²) in [5, 5.41) is 18.4. The first-order valence-electron chi connectivity index (χ1n) is 10.8. The Hall–Kier alpha value is -3.42. The average Bonchev–Trinajstić information content (AvgIpc) is 3.35. The summed E-state index contributed by atoms with van der Waals surface area (Å²) in [5.41, 5.74) is 2.46. The monoisotopic (exact) mass is 437 g/mol. The van der Waals surface area contributed by atoms with Crippen LogP contribution in [0, 0.1) is 18.3 Å². The van der Waals surface area contributed by atoms with E-state index in [-0.39, 0.29) is 6.10 Å². The summed E-state index contributed by atoms with van der Waals surface area (Å²) in [4.78, 5) is 23.0. The third-order valence-corrected chi connectivity index (χ3v) is 5.36. The largest absolute Gasteiger partial charge is 0.489 e. The van der Waals surface area contributed by atoms with Crippen LogP contribution in [0.4, 0.5) is 22.0 Å². The van der Waals surface area contributed by atoms with Crippen molar-refractivity contribution in [3.63, 3.8) is 0 Å². The van der Waals surface area contributed by atoms with Gasteiger partial charge >= 0.3 is 6.03 Å². The molecule has 32 heavy (non-hydrogen) atoms. The highest BCUT2D eigenvalue weighted by atomic mass is 16.5. The Bertz CT molecular complexity index is 978. The Balaban J connectivity index is 1.55. The summed E-state index contributed by atoms with van der Waals surface area (Å²) in [6.07, 6.45) is 5.14. The Kier molecular flexibility index (Phi) is 6.99. The Morgan fingerprint density at radius 2 is 2.16 bits per heavy atom. The number of aryl methyl sites for hydroxylation is 1. The minimum atomic E-state index is -0.499. The molecule has 0 bridgehead atoms. The summed E-state index contributed by atoms with van der Waals surface area (Å²) in [7, 11) is 0. The molecule has 2 aromatic rings. The molecular weight excluding hydrogens is 410 g/mol. The molecule has 10 heteroatoms. The lowest BCUT2D eigenvalue weighted by molar-refractivity contribution is 0.000357. The molecule has 3 N–H and O–H groups in total. The van der Waals surface area contributed by atoms with Crippen LogP contribution in [-0.2, 0) is 4.74 Å². The lowest BCUT2D eigenvalue weighted by atomic mass is 10.1. The van der Waals surface area contributed by atoms with Crippen molar-refractivity contribution in [2.75, 3.05) is 54.9 Å². The molecule has 2 fully saturated rings. The van der Waals surface area contributed by atoms with Gasteiger partial charge in [-0.05, 0) is 25.8 Å². The van der Waals surface area contributed by atoms with Crippen LogP contribution < -0.4 is 25.6 Å². The van der Waals surface area contributed by atoms with Crippen molar-refractivity contribution in [3.05, 3.63) is 35.8 Å². The number of benzene rings is 1. The van der Waals surface area contributed by atoms with Gasteiger partial charge in [-0.3, -0.25) is 10.3 Å². The highest BCUT2D eigenvalue weighted by molar-refractivity contribution is 6.00. The summed E-state index contributed by atoms with van der Waals surface area (Å²) >= 11 is 0. The number of hydrogen-bond donors (Lipinski definition) is 3. The quantitative estimate of drug-likeness (QED) is 0.629. The van der Waals surface area contributed by atoms with E-state index in [1.165, 1.54) is 6.20 Å². The van der Waals surface area contributed by atoms with Crippen LogP contribution in [0.1, 0.15) is 24.1 Å². The van der Waals surface area contributed by atoms with Crippen LogP contribution in [-0.4, -0.2) is 61.5 Å². The molecule has 0 aliphatic carbocycles. The van der Waals surface area contributed by atoms with E-state index in [1.807, 2.05) is 13.0 Å². The predicted molar refractivity (Wildman–Crippen MR) is 120 cm³/mol. The van der Waals surface area contributed by atoms with E-state index in [0.717, 1.165) is 43.9 Å². The molecule has 1 atom stereocenters. The Morgan fingerprint density at radius 3 is 2.84 bits per heavy atom. The van der Waals surface area contributed by atoms with E-state index < -0.39 is 6.03 Å². The second kappa shape index (κ2) is 10.3. The van der Waals surface area contributed by atoms with Crippen molar-refractivity contribution in [3.8, 4) is 11.8 Å². The predicted octanol–water partition coefficient (Wildman–Crippen LogP) is 2.27. The SMILES string of the molecule is Cc1cnc(NC(=O)Nc2cc(C#N)c(N3CCCC3)cc2OCC2CNCCO2)cn1. The summed E-state index contributed by atoms with van der Waals surface area (Å²) in [6.45, 7) is 6.08. The van der Waals surface area contributed by atoms with Gasteiger partial charge in [-0.25, -0.2) is 9.78 Å². The van der Waals surface area contributed by atoms with Gasteiger partial charge in [0.15, 0.2) is 5.82 Å². The fourth-order valence-corrected chi connectivity index (χ4v) is 3.73. The van der Waals surface area contributed by atoms with Crippen molar-refractivity contribution in [1.82, 2.24) is 15.3 Å². The van der Waals surface area contributed by atoms with E-state index in [2.05, 4.69) is 36.9 Å². The Morgan fingerprint density at radius 1 is 1.31 bits per heavy atom. The van der Waals surface area contributed by atoms with Crippen molar-refractivity contribution in [2.24, 2.45) is 0 Å². The van der Waals surface area contributed by atoms with Crippen LogP contribution in [0.2, 0.25) is 0 Å². The number of morpholine rings is 1. The lowest BCUT2D eigenvalue weighted by Gasteiger charge is -2.25. The minimum Gasteiger partial charge on any atom is -0.489 e. The molecule has 2 aliphatic rings. The maximum atomic E-state index is 12.6. The first-order chi connectivity index (χ1) is 15.6. The summed E-state index contributed by atoms with van der Waals surface area (Å²) in [5.74, 6) is 0.816. The van der Waals surface area contributed by atoms with Crippen molar-refractivity contribution in [2.45, 2.75) is 25.9 Å². The van der Waals surface area contributed by atoms with Crippen LogP contribution in [0.25, 0.3) is 0 Å². The smallest absolute Gasteiger partial charge is 0.325 e. The second-order valence-electron chi connectivity index (χ2n) is 7.80. The van der Waals surface area contributed by atoms with Gasteiger partial charge in [-0.15, -0.1) is 0 Å². The second-order valence-corrected chi connectivity index (χ2v) is 7.80. The maximum Gasteiger partial charge on any atom is 0.325 e. The van der Waals surface area contributed by atoms with Crippen LogP contribution in [0.15, 0.2) is 24.5 Å². The van der Waals surface area contributed by atoms with E-state index in [4.69, 9.17) is 9.47 Å². The molecule has 1 unspecified atom stereocenters. The molecule has 0 saturated carbocycles. The molecule has 168 valence electrons. The Labute approximate surface area is 186 Å². The number of nitrogens with one attached hydrogen (secondary N) is 3. The van der Waals surface area contributed by atoms with Gasteiger partial charge in [0, 0.05) is 32.2 Å². The number of nitrogens with zero attached hydrogens (tertiary/aromatic N) is 4. The lowest BCUT2D eigenvalue weighted by Crippen LogP contribution is -2.41. The molecule has 1 aromatic carbocycles. The van der Waals surface area contributed by atoms with Gasteiger partial charge in [0.25, 0.3) is 0 Å². The van der Waals surface area contributed by atoms with Gasteiger partial charge in [-0.1, -0.05) is 0 Å². The van der Waals surface area contributed by atoms with Gasteiger partial charge < -0.3 is 25.0 Å². The number of nitriles is 1. The molecule has 0 spiro atoms. The first-order valence-corrected chi connectivity index (χ1v) is 10.8. The van der Waals surface area contributed by atoms with E-state index in [0.29, 0.717) is 42.6 Å². The molecule has 2 aliphatic heterocycles. The van der Waals surface area contributed by atoms with Crippen LogP contribution in [0.5, 0.6) is 5.75 Å². The number of amides is 2. The van der Waals surface area contributed by atoms with E-state index >= 15 is 0 Å². The van der Waals surface area contributed by atoms with Gasteiger partial charge in [0.05, 0.1) is 41.6 Å². The molecule has 2 amide bonds. The number of hydrogen-bond acceptors (Lipinski definition) is 8. The van der Waals surface area contributed by atoms with Crippen molar-refractivity contribution in [1.29, 1.82) is 5.26 Å². The minimum absolute atomic E-state index is 0.0841. The van der Waals surface area contributed by atoms with Gasteiger partial charge in [0.1, 0.15) is 24.5 Å². The molecule has 2 saturated heterocycles. The fourth-order valence-electron chi connectivity index (χ4n) is 3.73. The molecule has 0 radical (unpaired) electrons. The molecular formula is C22H27N7O3. The van der Waals surface area contributed by atoms with Crippen molar-refractivity contribution < 1.29 is 14.3 Å². The highest BCUT2D eigenvalue weighted by Gasteiger charge is 2.22. The number of carbonyl (C=O) groups is 1.